The quantitative estimate of drug-likeness (QED) is 0.871. The minimum Gasteiger partial charge on any atom is -0.316 e. The van der Waals surface area contributed by atoms with E-state index in [-0.39, 0.29) is 0 Å². The van der Waals surface area contributed by atoms with Crippen LogP contribution in [0.2, 0.25) is 0 Å². The van der Waals surface area contributed by atoms with Crippen LogP contribution in [0.1, 0.15) is 31.2 Å². The van der Waals surface area contributed by atoms with E-state index < -0.39 is 10.8 Å². The second kappa shape index (κ2) is 5.60. The highest BCUT2D eigenvalue weighted by Crippen LogP contribution is 2.26. The maximum absolute atomic E-state index is 12.3. The smallest absolute Gasteiger partial charge is 0.0560 e. The molecule has 1 N–H and O–H groups in total. The molecule has 0 spiro atoms. The predicted molar refractivity (Wildman–Crippen MR) is 67.9 cm³/mol. The molecule has 16 heavy (non-hydrogen) atoms. The van der Waals surface area contributed by atoms with Gasteiger partial charge < -0.3 is 5.32 Å². The second-order valence-electron chi connectivity index (χ2n) is 4.38. The largest absolute Gasteiger partial charge is 0.316 e. The number of nitrogens with one attached hydrogen (secondary N) is 1. The van der Waals surface area contributed by atoms with E-state index in [0.29, 0.717) is 5.25 Å². The summed E-state index contributed by atoms with van der Waals surface area (Å²) >= 11 is 0. The van der Waals surface area contributed by atoms with Crippen LogP contribution in [0.15, 0.2) is 29.2 Å². The molecular weight excluding hydrogens is 218 g/mol. The zero-order chi connectivity index (χ0) is 11.4. The van der Waals surface area contributed by atoms with Crippen LogP contribution < -0.4 is 5.32 Å². The van der Waals surface area contributed by atoms with Gasteiger partial charge in [-0.1, -0.05) is 25.0 Å². The van der Waals surface area contributed by atoms with Crippen molar-refractivity contribution >= 4 is 10.8 Å². The molecule has 0 saturated heterocycles. The molecule has 3 heteroatoms. The molecule has 88 valence electrons. The van der Waals surface area contributed by atoms with E-state index >= 15 is 0 Å². The van der Waals surface area contributed by atoms with E-state index in [2.05, 4.69) is 17.4 Å². The van der Waals surface area contributed by atoms with Crippen molar-refractivity contribution in [3.8, 4) is 0 Å². The van der Waals surface area contributed by atoms with Crippen LogP contribution in [-0.2, 0) is 17.3 Å². The number of hydrogen-bond acceptors (Lipinski definition) is 2. The summed E-state index contributed by atoms with van der Waals surface area (Å²) in [5, 5.41) is 3.51. The third-order valence-corrected chi connectivity index (χ3v) is 4.91. The molecule has 0 aromatic heterocycles. The molecule has 0 amide bonds. The summed E-state index contributed by atoms with van der Waals surface area (Å²) in [6, 6.07) is 8.15. The zero-order valence-corrected chi connectivity index (χ0v) is 10.6. The molecule has 1 fully saturated rings. The lowest BCUT2D eigenvalue weighted by Crippen LogP contribution is -2.11. The van der Waals surface area contributed by atoms with Crippen LogP contribution in [-0.4, -0.2) is 16.5 Å². The van der Waals surface area contributed by atoms with Gasteiger partial charge in [0.1, 0.15) is 0 Å². The molecule has 1 aliphatic carbocycles. The maximum atomic E-state index is 12.3. The Morgan fingerprint density at radius 3 is 2.81 bits per heavy atom. The molecule has 0 bridgehead atoms. The SMILES string of the molecule is CNCc1cccc(S(=O)C2CCCC2)c1. The van der Waals surface area contributed by atoms with Crippen molar-refractivity contribution in [3.05, 3.63) is 29.8 Å². The van der Waals surface area contributed by atoms with Gasteiger partial charge in [-0.3, -0.25) is 4.21 Å². The van der Waals surface area contributed by atoms with Gasteiger partial charge in [0.25, 0.3) is 0 Å². The van der Waals surface area contributed by atoms with Crippen molar-refractivity contribution < 1.29 is 4.21 Å². The highest BCUT2D eigenvalue weighted by Gasteiger charge is 2.22. The lowest BCUT2D eigenvalue weighted by Gasteiger charge is -2.10. The second-order valence-corrected chi connectivity index (χ2v) is 6.11. The average Bonchev–Trinajstić information content (AvgIpc) is 2.82. The van der Waals surface area contributed by atoms with E-state index in [0.717, 1.165) is 24.3 Å². The molecule has 1 saturated carbocycles. The van der Waals surface area contributed by atoms with Gasteiger partial charge in [0.05, 0.1) is 10.8 Å². The summed E-state index contributed by atoms with van der Waals surface area (Å²) in [6.07, 6.45) is 4.74. The van der Waals surface area contributed by atoms with Gasteiger partial charge in [-0.15, -0.1) is 0 Å². The Bertz CT molecular complexity index is 372. The van der Waals surface area contributed by atoms with Crippen LogP contribution in [0.4, 0.5) is 0 Å². The Balaban J connectivity index is 2.12. The molecule has 0 radical (unpaired) electrons. The van der Waals surface area contributed by atoms with E-state index in [1.165, 1.54) is 18.4 Å². The fourth-order valence-electron chi connectivity index (χ4n) is 2.28. The monoisotopic (exact) mass is 237 g/mol. The molecular formula is C13H19NOS. The van der Waals surface area contributed by atoms with E-state index in [1.807, 2.05) is 19.2 Å². The summed E-state index contributed by atoms with van der Waals surface area (Å²) in [5.41, 5.74) is 1.21. The maximum Gasteiger partial charge on any atom is 0.0560 e. The summed E-state index contributed by atoms with van der Waals surface area (Å²) in [7, 11) is 1.13. The first kappa shape index (κ1) is 11.8. The molecule has 0 aliphatic heterocycles. The van der Waals surface area contributed by atoms with E-state index in [4.69, 9.17) is 0 Å². The average molecular weight is 237 g/mol. The zero-order valence-electron chi connectivity index (χ0n) is 9.74. The Morgan fingerprint density at radius 1 is 1.38 bits per heavy atom. The van der Waals surface area contributed by atoms with E-state index in [1.54, 1.807) is 0 Å². The van der Waals surface area contributed by atoms with Crippen molar-refractivity contribution in [2.45, 2.75) is 42.4 Å². The minimum absolute atomic E-state index is 0.393. The predicted octanol–water partition coefficient (Wildman–Crippen LogP) is 2.46. The van der Waals surface area contributed by atoms with Gasteiger partial charge in [-0.2, -0.15) is 0 Å². The van der Waals surface area contributed by atoms with Crippen molar-refractivity contribution in [1.29, 1.82) is 0 Å². The lowest BCUT2D eigenvalue weighted by atomic mass is 10.2. The van der Waals surface area contributed by atoms with Gasteiger partial charge in [0.2, 0.25) is 0 Å². The van der Waals surface area contributed by atoms with Gasteiger partial charge in [-0.25, -0.2) is 0 Å². The fourth-order valence-corrected chi connectivity index (χ4v) is 3.91. The lowest BCUT2D eigenvalue weighted by molar-refractivity contribution is 0.669. The molecule has 1 aromatic rings. The molecule has 1 aliphatic rings. The van der Waals surface area contributed by atoms with Crippen LogP contribution in [0.25, 0.3) is 0 Å². The summed E-state index contributed by atoms with van der Waals surface area (Å²) in [5.74, 6) is 0. The van der Waals surface area contributed by atoms with Gasteiger partial charge >= 0.3 is 0 Å². The van der Waals surface area contributed by atoms with Crippen molar-refractivity contribution in [2.24, 2.45) is 0 Å². The van der Waals surface area contributed by atoms with Crippen molar-refractivity contribution in [2.75, 3.05) is 7.05 Å². The summed E-state index contributed by atoms with van der Waals surface area (Å²) in [6.45, 7) is 0.843. The Morgan fingerprint density at radius 2 is 2.12 bits per heavy atom. The first-order chi connectivity index (χ1) is 7.81. The van der Waals surface area contributed by atoms with Gasteiger partial charge in [0.15, 0.2) is 0 Å². The summed E-state index contributed by atoms with van der Waals surface area (Å²) in [4.78, 5) is 1.000. The van der Waals surface area contributed by atoms with Crippen LogP contribution in [0.5, 0.6) is 0 Å². The van der Waals surface area contributed by atoms with Gasteiger partial charge in [-0.05, 0) is 37.6 Å². The third-order valence-electron chi connectivity index (χ3n) is 3.12. The Hall–Kier alpha value is -0.670. The van der Waals surface area contributed by atoms with Crippen molar-refractivity contribution in [1.82, 2.24) is 5.32 Å². The number of benzene rings is 1. The third kappa shape index (κ3) is 2.71. The van der Waals surface area contributed by atoms with Crippen LogP contribution in [0, 0.1) is 0 Å². The van der Waals surface area contributed by atoms with Gasteiger partial charge in [0, 0.05) is 16.7 Å². The Kier molecular flexibility index (Phi) is 4.13. The topological polar surface area (TPSA) is 29.1 Å². The highest BCUT2D eigenvalue weighted by atomic mass is 32.2. The summed E-state index contributed by atoms with van der Waals surface area (Å²) < 4.78 is 12.3. The van der Waals surface area contributed by atoms with E-state index in [9.17, 15) is 4.21 Å². The molecule has 2 rings (SSSR count). The first-order valence-electron chi connectivity index (χ1n) is 5.95. The standard InChI is InChI=1S/C13H19NOS/c1-14-10-11-5-4-8-13(9-11)16(15)12-6-2-3-7-12/h4-5,8-9,12,14H,2-3,6-7,10H2,1H3. The highest BCUT2D eigenvalue weighted by molar-refractivity contribution is 7.85. The van der Waals surface area contributed by atoms with Crippen LogP contribution in [0.3, 0.4) is 0 Å². The normalized spacial score (nSPS) is 18.8. The fraction of sp³-hybridized carbons (Fsp3) is 0.538. The van der Waals surface area contributed by atoms with Crippen LogP contribution >= 0.6 is 0 Å². The first-order valence-corrected chi connectivity index (χ1v) is 7.16. The minimum atomic E-state index is -0.800. The van der Waals surface area contributed by atoms with Crippen molar-refractivity contribution in [3.63, 3.8) is 0 Å². The molecule has 2 nitrogen and oxygen atoms in total. The molecule has 1 unspecified atom stereocenters. The molecule has 1 atom stereocenters. The number of hydrogen-bond donors (Lipinski definition) is 1. The Labute approximate surface area is 99.9 Å². The number of rotatable bonds is 4. The molecule has 0 heterocycles. The molecule has 1 aromatic carbocycles.